The lowest BCUT2D eigenvalue weighted by Gasteiger charge is -2.44. The van der Waals surface area contributed by atoms with E-state index in [1.54, 1.807) is 0 Å². The summed E-state index contributed by atoms with van der Waals surface area (Å²) >= 11 is 0. The summed E-state index contributed by atoms with van der Waals surface area (Å²) in [4.78, 5) is 13.6. The standard InChI is InChI=1S/C22H29NO3/c24-15-20-11-4-12-21(14-20,19(25)23-13-16-5-2-1-3-6-16)22(26-20,17-7-8-17)18-9-10-18/h1-3,5-6,17-18,24H,4,7-15H2,(H,23,25)/t20-,21+/m1/s1. The molecule has 0 radical (unpaired) electrons. The van der Waals surface area contributed by atoms with Crippen LogP contribution >= 0.6 is 0 Å². The Balaban J connectivity index is 1.48. The van der Waals surface area contributed by atoms with Crippen molar-refractivity contribution in [3.8, 4) is 0 Å². The molecule has 1 aromatic carbocycles. The van der Waals surface area contributed by atoms with Crippen molar-refractivity contribution < 1.29 is 14.6 Å². The highest BCUT2D eigenvalue weighted by Gasteiger charge is 2.76. The molecule has 140 valence electrons. The number of carbonyl (C=O) groups is 1. The smallest absolute Gasteiger partial charge is 0.229 e. The van der Waals surface area contributed by atoms with E-state index in [4.69, 9.17) is 4.74 Å². The van der Waals surface area contributed by atoms with Crippen LogP contribution < -0.4 is 5.32 Å². The molecule has 5 rings (SSSR count). The number of nitrogens with one attached hydrogen (secondary N) is 1. The lowest BCUT2D eigenvalue weighted by molar-refractivity contribution is -0.169. The molecule has 4 fully saturated rings. The van der Waals surface area contributed by atoms with Crippen LogP contribution in [-0.4, -0.2) is 28.8 Å². The van der Waals surface area contributed by atoms with Gasteiger partial charge in [0.05, 0.1) is 23.2 Å². The van der Waals surface area contributed by atoms with Crippen LogP contribution in [0.2, 0.25) is 0 Å². The molecule has 0 aromatic heterocycles. The highest BCUT2D eigenvalue weighted by atomic mass is 16.5. The van der Waals surface area contributed by atoms with Gasteiger partial charge in [0.15, 0.2) is 0 Å². The van der Waals surface area contributed by atoms with Crippen molar-refractivity contribution in [3.05, 3.63) is 35.9 Å². The first-order valence-electron chi connectivity index (χ1n) is 10.3. The summed E-state index contributed by atoms with van der Waals surface area (Å²) in [7, 11) is 0. The van der Waals surface area contributed by atoms with Gasteiger partial charge >= 0.3 is 0 Å². The highest BCUT2D eigenvalue weighted by molar-refractivity contribution is 5.85. The van der Waals surface area contributed by atoms with Crippen LogP contribution in [0.4, 0.5) is 0 Å². The van der Waals surface area contributed by atoms with Gasteiger partial charge in [0.2, 0.25) is 5.91 Å². The highest BCUT2D eigenvalue weighted by Crippen LogP contribution is 2.71. The molecule has 2 atom stereocenters. The third kappa shape index (κ3) is 2.31. The van der Waals surface area contributed by atoms with E-state index >= 15 is 0 Å². The Morgan fingerprint density at radius 2 is 1.81 bits per heavy atom. The number of ether oxygens (including phenoxy) is 1. The van der Waals surface area contributed by atoms with Crippen LogP contribution in [0, 0.1) is 17.3 Å². The molecule has 1 aliphatic heterocycles. The second kappa shape index (κ2) is 5.80. The number of aliphatic hydroxyl groups excluding tert-OH is 1. The summed E-state index contributed by atoms with van der Waals surface area (Å²) in [6.07, 6.45) is 8.15. The minimum atomic E-state index is -0.493. The zero-order chi connectivity index (χ0) is 17.8. The van der Waals surface area contributed by atoms with Gasteiger partial charge in [-0.05, 0) is 68.8 Å². The van der Waals surface area contributed by atoms with Gasteiger partial charge in [-0.1, -0.05) is 30.3 Å². The van der Waals surface area contributed by atoms with Gasteiger partial charge in [-0.15, -0.1) is 0 Å². The van der Waals surface area contributed by atoms with Gasteiger partial charge in [0.25, 0.3) is 0 Å². The molecule has 0 unspecified atom stereocenters. The maximum absolute atomic E-state index is 13.6. The Kier molecular flexibility index (Phi) is 3.74. The fourth-order valence-electron chi connectivity index (χ4n) is 6.11. The normalized spacial score (nSPS) is 35.3. The number of aliphatic hydroxyl groups is 1. The Labute approximate surface area is 155 Å². The van der Waals surface area contributed by atoms with E-state index in [9.17, 15) is 9.90 Å². The molecule has 1 amide bonds. The van der Waals surface area contributed by atoms with E-state index in [0.29, 0.717) is 24.8 Å². The van der Waals surface area contributed by atoms with Crippen LogP contribution in [0.1, 0.15) is 56.9 Å². The van der Waals surface area contributed by atoms with Gasteiger partial charge in [0.1, 0.15) is 0 Å². The second-order valence-corrected chi connectivity index (χ2v) is 9.07. The lowest BCUT2D eigenvalue weighted by atomic mass is 9.59. The number of fused-ring (bicyclic) bond motifs is 2. The number of hydrogen-bond acceptors (Lipinski definition) is 3. The van der Waals surface area contributed by atoms with Crippen LogP contribution in [0.15, 0.2) is 30.3 Å². The summed E-state index contributed by atoms with van der Waals surface area (Å²) in [6.45, 7) is 0.612. The van der Waals surface area contributed by atoms with Gasteiger partial charge < -0.3 is 15.2 Å². The first-order valence-corrected chi connectivity index (χ1v) is 10.3. The van der Waals surface area contributed by atoms with E-state index in [1.165, 1.54) is 25.7 Å². The van der Waals surface area contributed by atoms with Crippen molar-refractivity contribution in [2.45, 2.75) is 69.1 Å². The molecule has 1 aromatic rings. The molecule has 3 saturated carbocycles. The van der Waals surface area contributed by atoms with Crippen LogP contribution in [0.25, 0.3) is 0 Å². The van der Waals surface area contributed by atoms with Crippen molar-refractivity contribution >= 4 is 5.91 Å². The predicted octanol–water partition coefficient (Wildman–Crippen LogP) is 3.18. The number of carbonyl (C=O) groups excluding carboxylic acids is 1. The van der Waals surface area contributed by atoms with Gasteiger partial charge in [-0.3, -0.25) is 4.79 Å². The SMILES string of the molecule is O=C(NCc1ccccc1)[C@]12CCC[C@](CO)(C1)OC2(C1CC1)C1CC1. The number of amides is 1. The summed E-state index contributed by atoms with van der Waals surface area (Å²) in [5, 5.41) is 13.4. The zero-order valence-corrected chi connectivity index (χ0v) is 15.4. The Hall–Kier alpha value is -1.39. The first-order chi connectivity index (χ1) is 12.6. The maximum Gasteiger partial charge on any atom is 0.229 e. The number of hydrogen-bond donors (Lipinski definition) is 2. The minimum Gasteiger partial charge on any atom is -0.393 e. The molecule has 2 bridgehead atoms. The number of benzene rings is 1. The third-order valence-electron chi connectivity index (χ3n) is 7.38. The molecule has 1 heterocycles. The molecule has 4 heteroatoms. The third-order valence-corrected chi connectivity index (χ3v) is 7.38. The topological polar surface area (TPSA) is 58.6 Å². The van der Waals surface area contributed by atoms with Crippen molar-refractivity contribution in [2.24, 2.45) is 17.3 Å². The van der Waals surface area contributed by atoms with E-state index in [1.807, 2.05) is 18.2 Å². The molecule has 3 aliphatic carbocycles. The van der Waals surface area contributed by atoms with Gasteiger partial charge in [0, 0.05) is 6.54 Å². The average molecular weight is 355 g/mol. The minimum absolute atomic E-state index is 0.0436. The van der Waals surface area contributed by atoms with Crippen molar-refractivity contribution in [2.75, 3.05) is 6.61 Å². The van der Waals surface area contributed by atoms with E-state index in [0.717, 1.165) is 24.8 Å². The Morgan fingerprint density at radius 1 is 1.12 bits per heavy atom. The summed E-state index contributed by atoms with van der Waals surface area (Å²) < 4.78 is 6.82. The first kappa shape index (κ1) is 16.8. The summed E-state index contributed by atoms with van der Waals surface area (Å²) in [5.41, 5.74) is -0.144. The van der Waals surface area contributed by atoms with Crippen molar-refractivity contribution in [1.29, 1.82) is 0 Å². The molecule has 4 aliphatic rings. The molecular formula is C22H29NO3. The molecule has 0 spiro atoms. The van der Waals surface area contributed by atoms with Crippen molar-refractivity contribution in [3.63, 3.8) is 0 Å². The second-order valence-electron chi connectivity index (χ2n) is 9.07. The van der Waals surface area contributed by atoms with E-state index in [-0.39, 0.29) is 18.1 Å². The summed E-state index contributed by atoms with van der Waals surface area (Å²) in [5.74, 6) is 1.17. The number of rotatable bonds is 6. The molecule has 1 saturated heterocycles. The Morgan fingerprint density at radius 3 is 2.42 bits per heavy atom. The van der Waals surface area contributed by atoms with Gasteiger partial charge in [-0.25, -0.2) is 0 Å². The van der Waals surface area contributed by atoms with Crippen LogP contribution in [0.3, 0.4) is 0 Å². The fraction of sp³-hybridized carbons (Fsp3) is 0.682. The Bertz CT molecular complexity index is 685. The predicted molar refractivity (Wildman–Crippen MR) is 98.3 cm³/mol. The zero-order valence-electron chi connectivity index (χ0n) is 15.4. The monoisotopic (exact) mass is 355 g/mol. The van der Waals surface area contributed by atoms with Gasteiger partial charge in [-0.2, -0.15) is 0 Å². The molecule has 26 heavy (non-hydrogen) atoms. The fourth-order valence-corrected chi connectivity index (χ4v) is 6.11. The quantitative estimate of drug-likeness (QED) is 0.824. The molecule has 2 N–H and O–H groups in total. The molecule has 4 nitrogen and oxygen atoms in total. The maximum atomic E-state index is 13.6. The largest absolute Gasteiger partial charge is 0.393 e. The van der Waals surface area contributed by atoms with Crippen LogP contribution in [-0.2, 0) is 16.1 Å². The average Bonchev–Trinajstić information content (AvgIpc) is 3.57. The van der Waals surface area contributed by atoms with E-state index in [2.05, 4.69) is 17.4 Å². The van der Waals surface area contributed by atoms with Crippen molar-refractivity contribution in [1.82, 2.24) is 5.32 Å². The summed E-state index contributed by atoms with van der Waals surface area (Å²) in [6, 6.07) is 10.1. The van der Waals surface area contributed by atoms with Crippen LogP contribution in [0.5, 0.6) is 0 Å². The van der Waals surface area contributed by atoms with E-state index < -0.39 is 11.0 Å². The lowest BCUT2D eigenvalue weighted by Crippen LogP contribution is -2.57. The molecular weight excluding hydrogens is 326 g/mol.